The zero-order valence-electron chi connectivity index (χ0n) is 17.6. The molecule has 3 rings (SSSR count). The Morgan fingerprint density at radius 3 is 2.52 bits per heavy atom. The van der Waals surface area contributed by atoms with Crippen molar-refractivity contribution in [3.63, 3.8) is 0 Å². The average Bonchev–Trinajstić information content (AvgIpc) is 3.14. The van der Waals surface area contributed by atoms with E-state index < -0.39 is 0 Å². The number of carbonyl (C=O) groups excluding carboxylic acids is 2. The Balaban J connectivity index is 1.61. The smallest absolute Gasteiger partial charge is 0.251 e. The highest BCUT2D eigenvalue weighted by Gasteiger charge is 2.23. The first-order valence-corrected chi connectivity index (χ1v) is 10.4. The van der Waals surface area contributed by atoms with Gasteiger partial charge >= 0.3 is 0 Å². The first kappa shape index (κ1) is 21.1. The fourth-order valence-corrected chi connectivity index (χ4v) is 3.72. The molecule has 1 aliphatic heterocycles. The lowest BCUT2D eigenvalue weighted by Gasteiger charge is -2.30. The molecule has 0 spiro atoms. The summed E-state index contributed by atoms with van der Waals surface area (Å²) in [6, 6.07) is 18.1. The van der Waals surface area contributed by atoms with Gasteiger partial charge in [-0.1, -0.05) is 36.4 Å². The topological polar surface area (TPSA) is 52.7 Å². The molecule has 29 heavy (non-hydrogen) atoms. The summed E-state index contributed by atoms with van der Waals surface area (Å²) in [5, 5.41) is 3.11. The third-order valence-corrected chi connectivity index (χ3v) is 5.34. The molecule has 154 valence electrons. The molecule has 1 N–H and O–H groups in total. The predicted molar refractivity (Wildman–Crippen MR) is 117 cm³/mol. The molecule has 1 heterocycles. The number of hydrogen-bond acceptors (Lipinski definition) is 3. The second-order valence-corrected chi connectivity index (χ2v) is 8.08. The van der Waals surface area contributed by atoms with Crippen LogP contribution in [0.3, 0.4) is 0 Å². The van der Waals surface area contributed by atoms with Crippen LogP contribution in [0.5, 0.6) is 0 Å². The molecular formula is C24H31N3O2. The van der Waals surface area contributed by atoms with Crippen LogP contribution >= 0.6 is 0 Å². The second-order valence-electron chi connectivity index (χ2n) is 8.08. The van der Waals surface area contributed by atoms with Crippen molar-refractivity contribution >= 4 is 17.5 Å². The Labute approximate surface area is 173 Å². The molecule has 2 aromatic carbocycles. The third kappa shape index (κ3) is 5.67. The highest BCUT2D eigenvalue weighted by atomic mass is 16.2. The van der Waals surface area contributed by atoms with E-state index in [1.807, 2.05) is 31.2 Å². The Hall–Kier alpha value is -2.66. The van der Waals surface area contributed by atoms with E-state index in [2.05, 4.69) is 48.3 Å². The van der Waals surface area contributed by atoms with Crippen molar-refractivity contribution in [2.45, 2.75) is 52.2 Å². The Kier molecular flexibility index (Phi) is 7.04. The van der Waals surface area contributed by atoms with Gasteiger partial charge in [-0.2, -0.15) is 0 Å². The van der Waals surface area contributed by atoms with Gasteiger partial charge in [0.15, 0.2) is 0 Å². The summed E-state index contributed by atoms with van der Waals surface area (Å²) in [4.78, 5) is 28.9. The predicted octanol–water partition coefficient (Wildman–Crippen LogP) is 3.84. The molecule has 0 aliphatic carbocycles. The maximum Gasteiger partial charge on any atom is 0.251 e. The van der Waals surface area contributed by atoms with Crippen LogP contribution in [0.15, 0.2) is 54.6 Å². The van der Waals surface area contributed by atoms with Crippen molar-refractivity contribution in [3.8, 4) is 0 Å². The summed E-state index contributed by atoms with van der Waals surface area (Å²) >= 11 is 0. The summed E-state index contributed by atoms with van der Waals surface area (Å²) in [5.74, 6) is 0.0267. The van der Waals surface area contributed by atoms with Crippen molar-refractivity contribution < 1.29 is 9.59 Å². The standard InChI is InChI=1S/C24H31N3O2/c1-18(2)26(17-20-9-5-4-6-10-20)16-19(3)25-24(29)21-11-7-12-22(15-21)27-14-8-13-23(27)28/h4-7,9-12,15,18-19H,8,13-14,16-17H2,1-3H3,(H,25,29). The van der Waals surface area contributed by atoms with Gasteiger partial charge in [0, 0.05) is 49.4 Å². The van der Waals surface area contributed by atoms with Crippen LogP contribution in [0.25, 0.3) is 0 Å². The van der Waals surface area contributed by atoms with E-state index in [0.717, 1.165) is 31.7 Å². The Morgan fingerprint density at radius 1 is 1.10 bits per heavy atom. The van der Waals surface area contributed by atoms with E-state index in [0.29, 0.717) is 18.0 Å². The molecule has 0 saturated carbocycles. The molecule has 5 heteroatoms. The molecule has 2 amide bonds. The highest BCUT2D eigenvalue weighted by Crippen LogP contribution is 2.22. The maximum absolute atomic E-state index is 12.8. The lowest BCUT2D eigenvalue weighted by atomic mass is 10.1. The molecule has 0 aromatic heterocycles. The maximum atomic E-state index is 12.8. The lowest BCUT2D eigenvalue weighted by Crippen LogP contribution is -2.44. The van der Waals surface area contributed by atoms with Gasteiger partial charge < -0.3 is 10.2 Å². The summed E-state index contributed by atoms with van der Waals surface area (Å²) in [6.07, 6.45) is 1.46. The number of rotatable bonds is 8. The van der Waals surface area contributed by atoms with Crippen LogP contribution in [0.2, 0.25) is 0 Å². The zero-order valence-corrected chi connectivity index (χ0v) is 17.6. The number of amides is 2. The summed E-state index contributed by atoms with van der Waals surface area (Å²) in [7, 11) is 0. The number of benzene rings is 2. The fraction of sp³-hybridized carbons (Fsp3) is 0.417. The summed E-state index contributed by atoms with van der Waals surface area (Å²) in [5.41, 5.74) is 2.66. The SMILES string of the molecule is CC(CN(Cc1ccccc1)C(C)C)NC(=O)c1cccc(N2CCCC2=O)c1. The lowest BCUT2D eigenvalue weighted by molar-refractivity contribution is -0.117. The van der Waals surface area contributed by atoms with Crippen LogP contribution in [0.4, 0.5) is 5.69 Å². The molecular weight excluding hydrogens is 362 g/mol. The van der Waals surface area contributed by atoms with Crippen molar-refractivity contribution in [2.75, 3.05) is 18.0 Å². The minimum Gasteiger partial charge on any atom is -0.348 e. The van der Waals surface area contributed by atoms with Gasteiger partial charge in [0.2, 0.25) is 5.91 Å². The van der Waals surface area contributed by atoms with Gasteiger partial charge in [-0.25, -0.2) is 0 Å². The first-order valence-electron chi connectivity index (χ1n) is 10.4. The van der Waals surface area contributed by atoms with Crippen LogP contribution in [0, 0.1) is 0 Å². The Bertz CT molecular complexity index is 835. The van der Waals surface area contributed by atoms with Crippen LogP contribution < -0.4 is 10.2 Å². The van der Waals surface area contributed by atoms with Gasteiger partial charge in [-0.05, 0) is 51.0 Å². The summed E-state index contributed by atoms with van der Waals surface area (Å²) < 4.78 is 0. The number of nitrogens with zero attached hydrogens (tertiary/aromatic N) is 2. The van der Waals surface area contributed by atoms with Gasteiger partial charge in [0.05, 0.1) is 0 Å². The molecule has 5 nitrogen and oxygen atoms in total. The monoisotopic (exact) mass is 393 g/mol. The molecule has 0 bridgehead atoms. The molecule has 1 fully saturated rings. The second kappa shape index (κ2) is 9.70. The van der Waals surface area contributed by atoms with E-state index in [1.165, 1.54) is 5.56 Å². The summed E-state index contributed by atoms with van der Waals surface area (Å²) in [6.45, 7) is 8.73. The van der Waals surface area contributed by atoms with E-state index in [4.69, 9.17) is 0 Å². The van der Waals surface area contributed by atoms with Crippen LogP contribution in [-0.4, -0.2) is 41.9 Å². The van der Waals surface area contributed by atoms with E-state index in [9.17, 15) is 9.59 Å². The van der Waals surface area contributed by atoms with E-state index in [-0.39, 0.29) is 17.9 Å². The van der Waals surface area contributed by atoms with Gasteiger partial charge in [0.1, 0.15) is 0 Å². The van der Waals surface area contributed by atoms with Crippen molar-refractivity contribution in [1.82, 2.24) is 10.2 Å². The minimum absolute atomic E-state index is 0.00527. The molecule has 1 saturated heterocycles. The largest absolute Gasteiger partial charge is 0.348 e. The number of anilines is 1. The van der Waals surface area contributed by atoms with E-state index >= 15 is 0 Å². The highest BCUT2D eigenvalue weighted by molar-refractivity contribution is 5.99. The molecule has 1 unspecified atom stereocenters. The minimum atomic E-state index is -0.102. The van der Waals surface area contributed by atoms with Crippen molar-refractivity contribution in [2.24, 2.45) is 0 Å². The number of carbonyl (C=O) groups is 2. The molecule has 2 aromatic rings. The number of hydrogen-bond donors (Lipinski definition) is 1. The normalized spacial score (nSPS) is 15.2. The first-order chi connectivity index (χ1) is 13.9. The van der Waals surface area contributed by atoms with Gasteiger partial charge in [-0.15, -0.1) is 0 Å². The molecule has 1 aliphatic rings. The van der Waals surface area contributed by atoms with Crippen molar-refractivity contribution in [1.29, 1.82) is 0 Å². The van der Waals surface area contributed by atoms with Crippen LogP contribution in [0.1, 0.15) is 49.5 Å². The van der Waals surface area contributed by atoms with Crippen LogP contribution in [-0.2, 0) is 11.3 Å². The molecule has 0 radical (unpaired) electrons. The van der Waals surface area contributed by atoms with Crippen molar-refractivity contribution in [3.05, 3.63) is 65.7 Å². The Morgan fingerprint density at radius 2 is 1.86 bits per heavy atom. The van der Waals surface area contributed by atoms with Gasteiger partial charge in [-0.3, -0.25) is 14.5 Å². The van der Waals surface area contributed by atoms with E-state index in [1.54, 1.807) is 11.0 Å². The average molecular weight is 394 g/mol. The number of nitrogens with one attached hydrogen (secondary N) is 1. The molecule has 1 atom stereocenters. The quantitative estimate of drug-likeness (QED) is 0.741. The third-order valence-electron chi connectivity index (χ3n) is 5.34. The zero-order chi connectivity index (χ0) is 20.8. The fourth-order valence-electron chi connectivity index (χ4n) is 3.72. The van der Waals surface area contributed by atoms with Gasteiger partial charge in [0.25, 0.3) is 5.91 Å².